The molecule has 0 aliphatic rings. The molecule has 2 aromatic carbocycles. The summed E-state index contributed by atoms with van der Waals surface area (Å²) in [6.07, 6.45) is 0.721. The zero-order valence-corrected chi connectivity index (χ0v) is 16.6. The standard InChI is InChI=1S/C21H25ClN2O3/c1-14(2)17-10-8-15(3)12-19(17)27-13-21(26)24-23-20(25)11-9-16-6-4-5-7-18(16)22/h4-8,10,12,14H,9,11,13H2,1-3H3,(H,23,25)(H,24,26). The van der Waals surface area contributed by atoms with Gasteiger partial charge in [-0.2, -0.15) is 0 Å². The number of ether oxygens (including phenoxy) is 1. The van der Waals surface area contributed by atoms with E-state index in [1.807, 2.05) is 43.3 Å². The summed E-state index contributed by atoms with van der Waals surface area (Å²) in [5, 5.41) is 0.627. The van der Waals surface area contributed by atoms with Gasteiger partial charge in [-0.15, -0.1) is 0 Å². The molecule has 0 radical (unpaired) electrons. The molecule has 0 aromatic heterocycles. The van der Waals surface area contributed by atoms with Gasteiger partial charge in [0.25, 0.3) is 5.91 Å². The van der Waals surface area contributed by atoms with Crippen molar-refractivity contribution < 1.29 is 14.3 Å². The second-order valence-electron chi connectivity index (χ2n) is 6.67. The van der Waals surface area contributed by atoms with E-state index in [4.69, 9.17) is 16.3 Å². The van der Waals surface area contributed by atoms with Crippen LogP contribution in [0.25, 0.3) is 0 Å². The summed E-state index contributed by atoms with van der Waals surface area (Å²) in [6.45, 7) is 5.93. The van der Waals surface area contributed by atoms with E-state index >= 15 is 0 Å². The highest BCUT2D eigenvalue weighted by Gasteiger charge is 2.11. The Morgan fingerprint density at radius 1 is 1.07 bits per heavy atom. The molecular weight excluding hydrogens is 364 g/mol. The monoisotopic (exact) mass is 388 g/mol. The number of hydrogen-bond donors (Lipinski definition) is 2. The molecule has 6 heteroatoms. The van der Waals surface area contributed by atoms with Gasteiger partial charge in [0.2, 0.25) is 5.91 Å². The number of hydrogen-bond acceptors (Lipinski definition) is 3. The van der Waals surface area contributed by atoms with E-state index in [1.54, 1.807) is 6.07 Å². The average molecular weight is 389 g/mol. The molecule has 0 saturated heterocycles. The lowest BCUT2D eigenvalue weighted by atomic mass is 10.0. The Bertz CT molecular complexity index is 806. The molecule has 0 aliphatic carbocycles. The number of halogens is 1. The van der Waals surface area contributed by atoms with Crippen molar-refractivity contribution in [1.82, 2.24) is 10.9 Å². The topological polar surface area (TPSA) is 67.4 Å². The zero-order chi connectivity index (χ0) is 19.8. The molecule has 2 N–H and O–H groups in total. The molecular formula is C21H25ClN2O3. The highest BCUT2D eigenvalue weighted by atomic mass is 35.5. The van der Waals surface area contributed by atoms with Crippen LogP contribution in [0.4, 0.5) is 0 Å². The number of nitrogens with one attached hydrogen (secondary N) is 2. The third-order valence-electron chi connectivity index (χ3n) is 4.07. The number of carbonyl (C=O) groups is 2. The summed E-state index contributed by atoms with van der Waals surface area (Å²) < 4.78 is 5.64. The van der Waals surface area contributed by atoms with Gasteiger partial charge in [-0.05, 0) is 48.1 Å². The number of carbonyl (C=O) groups excluding carboxylic acids is 2. The van der Waals surface area contributed by atoms with Crippen LogP contribution in [0.15, 0.2) is 42.5 Å². The molecule has 5 nitrogen and oxygen atoms in total. The van der Waals surface area contributed by atoms with Crippen molar-refractivity contribution in [3.63, 3.8) is 0 Å². The summed E-state index contributed by atoms with van der Waals surface area (Å²) in [5.74, 6) is 0.261. The van der Waals surface area contributed by atoms with Crippen molar-refractivity contribution in [3.05, 3.63) is 64.2 Å². The van der Waals surface area contributed by atoms with Crippen molar-refractivity contribution >= 4 is 23.4 Å². The smallest absolute Gasteiger partial charge is 0.276 e. The zero-order valence-electron chi connectivity index (χ0n) is 15.8. The molecule has 0 heterocycles. The van der Waals surface area contributed by atoms with Crippen LogP contribution in [0.2, 0.25) is 5.02 Å². The van der Waals surface area contributed by atoms with Crippen molar-refractivity contribution in [3.8, 4) is 5.75 Å². The van der Waals surface area contributed by atoms with Crippen molar-refractivity contribution in [2.75, 3.05) is 6.61 Å². The lowest BCUT2D eigenvalue weighted by Gasteiger charge is -2.15. The van der Waals surface area contributed by atoms with Crippen molar-refractivity contribution in [2.24, 2.45) is 0 Å². The van der Waals surface area contributed by atoms with E-state index in [1.165, 1.54) is 0 Å². The Morgan fingerprint density at radius 3 is 2.48 bits per heavy atom. The number of rotatable bonds is 7. The first-order valence-electron chi connectivity index (χ1n) is 8.91. The minimum atomic E-state index is -0.419. The highest BCUT2D eigenvalue weighted by molar-refractivity contribution is 6.31. The number of amides is 2. The molecule has 0 aliphatic heterocycles. The Balaban J connectivity index is 1.77. The van der Waals surface area contributed by atoms with Crippen LogP contribution in [-0.4, -0.2) is 18.4 Å². The van der Waals surface area contributed by atoms with E-state index in [2.05, 4.69) is 24.7 Å². The molecule has 0 bridgehead atoms. The van der Waals surface area contributed by atoms with E-state index in [9.17, 15) is 9.59 Å². The van der Waals surface area contributed by atoms with Crippen LogP contribution in [0.5, 0.6) is 5.75 Å². The van der Waals surface area contributed by atoms with Gasteiger partial charge >= 0.3 is 0 Å². The van der Waals surface area contributed by atoms with E-state index in [0.29, 0.717) is 17.2 Å². The molecule has 2 aromatic rings. The largest absolute Gasteiger partial charge is 0.483 e. The Hall–Kier alpha value is -2.53. The Kier molecular flexibility index (Phi) is 7.67. The van der Waals surface area contributed by atoms with Crippen LogP contribution >= 0.6 is 11.6 Å². The summed E-state index contributed by atoms with van der Waals surface area (Å²) in [7, 11) is 0. The predicted molar refractivity (Wildman–Crippen MR) is 107 cm³/mol. The molecule has 2 amide bonds. The molecule has 0 atom stereocenters. The van der Waals surface area contributed by atoms with Gasteiger partial charge in [0.05, 0.1) is 0 Å². The summed E-state index contributed by atoms with van der Waals surface area (Å²) >= 11 is 6.06. The number of aryl methyl sites for hydroxylation is 2. The van der Waals surface area contributed by atoms with Crippen LogP contribution in [0.1, 0.15) is 42.9 Å². The van der Waals surface area contributed by atoms with Crippen molar-refractivity contribution in [1.29, 1.82) is 0 Å². The third-order valence-corrected chi connectivity index (χ3v) is 4.44. The second kappa shape index (κ2) is 9.97. The van der Waals surface area contributed by atoms with Crippen LogP contribution in [0, 0.1) is 6.92 Å². The van der Waals surface area contributed by atoms with Crippen LogP contribution in [-0.2, 0) is 16.0 Å². The fraction of sp³-hybridized carbons (Fsp3) is 0.333. The maximum atomic E-state index is 11.9. The molecule has 0 fully saturated rings. The fourth-order valence-corrected chi connectivity index (χ4v) is 2.80. The van der Waals surface area contributed by atoms with Crippen molar-refractivity contribution in [2.45, 2.75) is 39.5 Å². The minimum absolute atomic E-state index is 0.173. The SMILES string of the molecule is Cc1ccc(C(C)C)c(OCC(=O)NNC(=O)CCc2ccccc2Cl)c1. The minimum Gasteiger partial charge on any atom is -0.483 e. The number of hydrazine groups is 1. The summed E-state index contributed by atoms with van der Waals surface area (Å²) in [5.41, 5.74) is 7.76. The predicted octanol–water partition coefficient (Wildman–Crippen LogP) is 3.93. The molecule has 0 unspecified atom stereocenters. The van der Waals surface area contributed by atoms with E-state index in [-0.39, 0.29) is 24.9 Å². The van der Waals surface area contributed by atoms with Gasteiger partial charge in [0.15, 0.2) is 6.61 Å². The second-order valence-corrected chi connectivity index (χ2v) is 7.08. The van der Waals surface area contributed by atoms with Gasteiger partial charge in [0, 0.05) is 11.4 Å². The van der Waals surface area contributed by atoms with Gasteiger partial charge in [-0.25, -0.2) is 0 Å². The van der Waals surface area contributed by atoms with Crippen LogP contribution < -0.4 is 15.6 Å². The lowest BCUT2D eigenvalue weighted by Crippen LogP contribution is -2.43. The molecule has 2 rings (SSSR count). The maximum absolute atomic E-state index is 11.9. The Labute approximate surface area is 165 Å². The van der Waals surface area contributed by atoms with E-state index < -0.39 is 5.91 Å². The van der Waals surface area contributed by atoms with Gasteiger partial charge < -0.3 is 4.74 Å². The third kappa shape index (κ3) is 6.61. The first kappa shape index (κ1) is 20.8. The average Bonchev–Trinajstić information content (AvgIpc) is 2.63. The first-order chi connectivity index (χ1) is 12.9. The Morgan fingerprint density at radius 2 is 1.78 bits per heavy atom. The van der Waals surface area contributed by atoms with Crippen LogP contribution in [0.3, 0.4) is 0 Å². The van der Waals surface area contributed by atoms with Gasteiger partial charge in [0.1, 0.15) is 5.75 Å². The molecule has 27 heavy (non-hydrogen) atoms. The summed E-state index contributed by atoms with van der Waals surface area (Å²) in [6, 6.07) is 13.3. The number of benzene rings is 2. The molecule has 0 spiro atoms. The van der Waals surface area contributed by atoms with E-state index in [0.717, 1.165) is 16.7 Å². The lowest BCUT2D eigenvalue weighted by molar-refractivity contribution is -0.130. The maximum Gasteiger partial charge on any atom is 0.276 e. The molecule has 144 valence electrons. The summed E-state index contributed by atoms with van der Waals surface area (Å²) in [4.78, 5) is 23.8. The highest BCUT2D eigenvalue weighted by Crippen LogP contribution is 2.27. The molecule has 0 saturated carbocycles. The van der Waals surface area contributed by atoms with Gasteiger partial charge in [-0.1, -0.05) is 55.8 Å². The first-order valence-corrected chi connectivity index (χ1v) is 9.29. The quantitative estimate of drug-likeness (QED) is 0.706. The van der Waals surface area contributed by atoms with Gasteiger partial charge in [-0.3, -0.25) is 20.4 Å². The fourth-order valence-electron chi connectivity index (χ4n) is 2.57. The normalized spacial score (nSPS) is 10.6.